The number of rotatable bonds is 5. The Labute approximate surface area is 324 Å². The Hall–Kier alpha value is -5.86. The summed E-state index contributed by atoms with van der Waals surface area (Å²) in [5.74, 6) is 2.87. The smallest absolute Gasteiger partial charge is 0.0543 e. The van der Waals surface area contributed by atoms with Crippen LogP contribution >= 0.6 is 0 Å². The molecule has 2 bridgehead atoms. The zero-order valence-electron chi connectivity index (χ0n) is 31.7. The van der Waals surface area contributed by atoms with Gasteiger partial charge in [0.2, 0.25) is 0 Å². The Balaban J connectivity index is 1.11. The number of hydrogen-bond acceptors (Lipinski definition) is 1. The van der Waals surface area contributed by atoms with E-state index in [1.807, 2.05) is 0 Å². The van der Waals surface area contributed by atoms with Gasteiger partial charge >= 0.3 is 0 Å². The molecule has 3 aliphatic carbocycles. The maximum absolute atomic E-state index is 2.57. The van der Waals surface area contributed by atoms with Crippen LogP contribution in [0.15, 0.2) is 170 Å². The maximum atomic E-state index is 2.57. The van der Waals surface area contributed by atoms with Crippen LogP contribution in [0.4, 0.5) is 17.1 Å². The summed E-state index contributed by atoms with van der Waals surface area (Å²) in [6, 6.07) is 63.4. The molecule has 1 unspecified atom stereocenters. The van der Waals surface area contributed by atoms with Crippen molar-refractivity contribution in [2.75, 3.05) is 4.90 Å². The third kappa shape index (κ3) is 4.87. The lowest BCUT2D eigenvalue weighted by Crippen LogP contribution is -2.49. The maximum Gasteiger partial charge on any atom is 0.0543 e. The van der Waals surface area contributed by atoms with Gasteiger partial charge in [-0.05, 0) is 132 Å². The Kier molecular flexibility index (Phi) is 7.46. The Bertz CT molecular complexity index is 2650. The lowest BCUT2D eigenvalue weighted by atomic mass is 9.49. The largest absolute Gasteiger partial charge is 0.310 e. The highest BCUT2D eigenvalue weighted by molar-refractivity contribution is 6.09. The van der Waals surface area contributed by atoms with Gasteiger partial charge in [-0.1, -0.05) is 129 Å². The summed E-state index contributed by atoms with van der Waals surface area (Å²) in [5.41, 5.74) is 15.7. The molecule has 2 heteroatoms. The second-order valence-corrected chi connectivity index (χ2v) is 16.8. The highest BCUT2D eigenvalue weighted by atomic mass is 15.1. The molecule has 268 valence electrons. The summed E-state index contributed by atoms with van der Waals surface area (Å²) < 4.78 is 2.41. The lowest BCUT2D eigenvalue weighted by Gasteiger charge is -2.54. The normalized spacial score (nSPS) is 22.5. The van der Waals surface area contributed by atoms with E-state index in [1.165, 1.54) is 86.8 Å². The van der Waals surface area contributed by atoms with Crippen molar-refractivity contribution in [2.24, 2.45) is 23.7 Å². The second kappa shape index (κ2) is 12.6. The van der Waals surface area contributed by atoms with Gasteiger partial charge in [-0.2, -0.15) is 0 Å². The molecule has 8 aromatic rings. The number of fused-ring (bicyclic) bond motifs is 11. The quantitative estimate of drug-likeness (QED) is 0.173. The van der Waals surface area contributed by atoms with Gasteiger partial charge in [-0.3, -0.25) is 0 Å². The van der Waals surface area contributed by atoms with Gasteiger partial charge in [0.15, 0.2) is 0 Å². The predicted octanol–water partition coefficient (Wildman–Crippen LogP) is 14.3. The monoisotopic (exact) mass is 710 g/mol. The highest BCUT2D eigenvalue weighted by Crippen LogP contribution is 2.66. The number of benzene rings is 7. The minimum Gasteiger partial charge on any atom is -0.310 e. The average Bonchev–Trinajstić information content (AvgIpc) is 3.73. The molecule has 2 saturated carbocycles. The number of anilines is 3. The van der Waals surface area contributed by atoms with E-state index in [2.05, 4.69) is 193 Å². The lowest BCUT2D eigenvalue weighted by molar-refractivity contribution is 0.0426. The molecule has 2 fully saturated rings. The van der Waals surface area contributed by atoms with Gasteiger partial charge in [0.05, 0.1) is 16.7 Å². The second-order valence-electron chi connectivity index (χ2n) is 16.8. The molecule has 55 heavy (non-hydrogen) atoms. The van der Waals surface area contributed by atoms with Gasteiger partial charge in [-0.15, -0.1) is 0 Å². The molecular formula is C53H46N2. The average molecular weight is 711 g/mol. The zero-order valence-corrected chi connectivity index (χ0v) is 31.7. The Morgan fingerprint density at radius 3 is 1.84 bits per heavy atom. The fraction of sp³-hybridized carbons (Fsp3) is 0.208. The Morgan fingerprint density at radius 1 is 0.509 bits per heavy atom. The topological polar surface area (TPSA) is 8.17 Å². The van der Waals surface area contributed by atoms with E-state index >= 15 is 0 Å². The standard InChI is InChI=1S/C53H46N2/c1-35-31-37-33-36(2)53(40(32-35)34-37)47-18-9-6-17-46(47)52-48(53)19-12-22-51(52)54(41-25-23-39(24-26-41)38-13-4-3-5-14-38)42-27-29-43(30-28-42)55-49-20-10-7-15-44(49)45-16-8-11-21-50(45)55/h3-30,35-37,40H,31-34H2,1-2H3/t35-,36+,37-,40-,53?/m0/s1. The third-order valence-corrected chi connectivity index (χ3v) is 13.7. The van der Waals surface area contributed by atoms with Crippen molar-refractivity contribution in [1.82, 2.24) is 4.57 Å². The van der Waals surface area contributed by atoms with E-state index in [4.69, 9.17) is 0 Å². The third-order valence-electron chi connectivity index (χ3n) is 13.7. The van der Waals surface area contributed by atoms with E-state index in [0.29, 0.717) is 11.8 Å². The summed E-state index contributed by atoms with van der Waals surface area (Å²) in [7, 11) is 0. The minimum absolute atomic E-state index is 0.0380. The van der Waals surface area contributed by atoms with Crippen LogP contribution in [0.1, 0.15) is 50.7 Å². The first-order valence-corrected chi connectivity index (χ1v) is 20.4. The van der Waals surface area contributed by atoms with Crippen LogP contribution in [0, 0.1) is 23.7 Å². The van der Waals surface area contributed by atoms with Gasteiger partial charge in [0.25, 0.3) is 0 Å². The van der Waals surface area contributed by atoms with Gasteiger partial charge in [0, 0.05) is 38.8 Å². The predicted molar refractivity (Wildman–Crippen MR) is 231 cm³/mol. The molecule has 1 heterocycles. The minimum atomic E-state index is 0.0380. The number of nitrogens with zero attached hydrogens (tertiary/aromatic N) is 2. The van der Waals surface area contributed by atoms with Crippen LogP contribution in [0.25, 0.3) is 49.7 Å². The van der Waals surface area contributed by atoms with E-state index in [1.54, 1.807) is 11.1 Å². The molecule has 0 aliphatic heterocycles. The molecule has 7 aromatic carbocycles. The van der Waals surface area contributed by atoms with E-state index in [9.17, 15) is 0 Å². The van der Waals surface area contributed by atoms with E-state index < -0.39 is 0 Å². The van der Waals surface area contributed by atoms with Crippen LogP contribution < -0.4 is 4.90 Å². The van der Waals surface area contributed by atoms with E-state index in [0.717, 1.165) is 17.5 Å². The zero-order chi connectivity index (χ0) is 36.7. The first-order valence-electron chi connectivity index (χ1n) is 20.4. The van der Waals surface area contributed by atoms with Crippen molar-refractivity contribution in [2.45, 2.75) is 44.9 Å². The van der Waals surface area contributed by atoms with Crippen LogP contribution in [-0.4, -0.2) is 4.57 Å². The van der Waals surface area contributed by atoms with Crippen molar-refractivity contribution in [3.05, 3.63) is 181 Å². The van der Waals surface area contributed by atoms with Crippen molar-refractivity contribution in [1.29, 1.82) is 0 Å². The number of hydrogen-bond donors (Lipinski definition) is 0. The van der Waals surface area contributed by atoms with Crippen LogP contribution in [-0.2, 0) is 5.41 Å². The van der Waals surface area contributed by atoms with Crippen molar-refractivity contribution in [3.8, 4) is 27.9 Å². The number of aromatic nitrogens is 1. The van der Waals surface area contributed by atoms with Crippen LogP contribution in [0.5, 0.6) is 0 Å². The molecule has 11 rings (SSSR count). The fourth-order valence-electron chi connectivity index (χ4n) is 11.7. The summed E-state index contributed by atoms with van der Waals surface area (Å²) in [4.78, 5) is 2.53. The summed E-state index contributed by atoms with van der Waals surface area (Å²) in [5, 5.41) is 2.57. The molecule has 0 N–H and O–H groups in total. The van der Waals surface area contributed by atoms with Gasteiger partial charge in [0.1, 0.15) is 0 Å². The molecular weight excluding hydrogens is 665 g/mol. The van der Waals surface area contributed by atoms with Crippen LogP contribution in [0.2, 0.25) is 0 Å². The van der Waals surface area contributed by atoms with Crippen LogP contribution in [0.3, 0.4) is 0 Å². The molecule has 0 saturated heterocycles. The van der Waals surface area contributed by atoms with Crippen molar-refractivity contribution in [3.63, 3.8) is 0 Å². The summed E-state index contributed by atoms with van der Waals surface area (Å²) in [6.45, 7) is 5.08. The van der Waals surface area contributed by atoms with Gasteiger partial charge in [-0.25, -0.2) is 0 Å². The SMILES string of the molecule is C[C@H]1C[C@@H]2C[C@H](C1)C1(c3ccccc3-c3c(N(c4ccc(-c5ccccc5)cc4)c4ccc(-n5c6ccccc6c6ccccc65)cc4)cccc31)[C@H](C)C2. The molecule has 0 radical (unpaired) electrons. The molecule has 1 spiro atoms. The molecule has 2 nitrogen and oxygen atoms in total. The summed E-state index contributed by atoms with van der Waals surface area (Å²) in [6.07, 6.45) is 5.37. The first kappa shape index (κ1) is 32.6. The van der Waals surface area contributed by atoms with E-state index in [-0.39, 0.29) is 5.41 Å². The van der Waals surface area contributed by atoms with Crippen molar-refractivity contribution >= 4 is 38.9 Å². The fourth-order valence-corrected chi connectivity index (χ4v) is 11.7. The van der Waals surface area contributed by atoms with Crippen molar-refractivity contribution < 1.29 is 0 Å². The molecule has 1 aromatic heterocycles. The first-order chi connectivity index (χ1) is 27.1. The number of para-hydroxylation sites is 2. The molecule has 0 amide bonds. The highest BCUT2D eigenvalue weighted by Gasteiger charge is 2.57. The summed E-state index contributed by atoms with van der Waals surface area (Å²) >= 11 is 0. The van der Waals surface area contributed by atoms with Gasteiger partial charge < -0.3 is 9.47 Å². The molecule has 5 atom stereocenters. The Morgan fingerprint density at radius 2 is 1.11 bits per heavy atom. The molecule has 3 aliphatic rings.